The zero-order valence-corrected chi connectivity index (χ0v) is 18.6. The molecule has 3 aromatic rings. The van der Waals surface area contributed by atoms with E-state index in [2.05, 4.69) is 4.98 Å². The Balaban J connectivity index is 1.56. The molecular formula is C24H26FN3O2S. The normalized spacial score (nSPS) is 15.8. The molecule has 1 unspecified atom stereocenters. The smallest absolute Gasteiger partial charge is 0.265 e. The van der Waals surface area contributed by atoms with Crippen molar-refractivity contribution in [3.05, 3.63) is 71.0 Å². The van der Waals surface area contributed by atoms with E-state index >= 15 is 0 Å². The molecule has 7 heteroatoms. The Hall–Kier alpha value is -2.77. The molecule has 0 N–H and O–H groups in total. The van der Waals surface area contributed by atoms with Crippen molar-refractivity contribution in [2.45, 2.75) is 25.5 Å². The van der Waals surface area contributed by atoms with Gasteiger partial charge in [0.05, 0.1) is 12.3 Å². The Morgan fingerprint density at radius 1 is 1.19 bits per heavy atom. The minimum atomic E-state index is -0.340. The Kier molecular flexibility index (Phi) is 6.63. The molecule has 1 aromatic heterocycles. The zero-order valence-electron chi connectivity index (χ0n) is 17.8. The number of halogens is 1. The number of ether oxygens (including phenoxy) is 1. The molecule has 4 rings (SSSR count). The summed E-state index contributed by atoms with van der Waals surface area (Å²) in [5.41, 5.74) is 2.57. The number of thiazole rings is 1. The van der Waals surface area contributed by atoms with Crippen molar-refractivity contribution in [2.24, 2.45) is 0 Å². The van der Waals surface area contributed by atoms with Crippen LogP contribution in [0.25, 0.3) is 10.6 Å². The van der Waals surface area contributed by atoms with Crippen molar-refractivity contribution in [2.75, 3.05) is 32.1 Å². The second-order valence-corrected chi connectivity index (χ2v) is 8.92. The van der Waals surface area contributed by atoms with Gasteiger partial charge in [0.2, 0.25) is 0 Å². The van der Waals surface area contributed by atoms with E-state index in [1.54, 1.807) is 24.4 Å². The zero-order chi connectivity index (χ0) is 21.8. The van der Waals surface area contributed by atoms with Crippen LogP contribution in [0.1, 0.15) is 28.1 Å². The van der Waals surface area contributed by atoms with Crippen LogP contribution in [0.4, 0.5) is 10.1 Å². The molecule has 1 atom stereocenters. The molecule has 1 saturated heterocycles. The summed E-state index contributed by atoms with van der Waals surface area (Å²) in [7, 11) is 4.00. The molecule has 1 aliphatic rings. The second-order valence-electron chi connectivity index (χ2n) is 7.89. The van der Waals surface area contributed by atoms with Crippen molar-refractivity contribution in [1.29, 1.82) is 0 Å². The van der Waals surface area contributed by atoms with Crippen molar-refractivity contribution in [3.8, 4) is 10.6 Å². The third kappa shape index (κ3) is 5.11. The van der Waals surface area contributed by atoms with Crippen LogP contribution in [0.3, 0.4) is 0 Å². The summed E-state index contributed by atoms with van der Waals surface area (Å²) in [5, 5.41) is 0.508. The third-order valence-corrected chi connectivity index (χ3v) is 6.40. The first kappa shape index (κ1) is 21.5. The van der Waals surface area contributed by atoms with Crippen LogP contribution in [0, 0.1) is 5.82 Å². The predicted octanol–water partition coefficient (Wildman–Crippen LogP) is 4.84. The lowest BCUT2D eigenvalue weighted by Crippen LogP contribution is -2.36. The summed E-state index contributed by atoms with van der Waals surface area (Å²) in [6, 6.07) is 14.7. The highest BCUT2D eigenvalue weighted by molar-refractivity contribution is 7.16. The lowest BCUT2D eigenvalue weighted by atomic mass is 10.1. The van der Waals surface area contributed by atoms with E-state index in [9.17, 15) is 9.18 Å². The summed E-state index contributed by atoms with van der Waals surface area (Å²) in [5.74, 6) is -0.444. The fourth-order valence-corrected chi connectivity index (χ4v) is 4.57. The quantitative estimate of drug-likeness (QED) is 0.529. The minimum Gasteiger partial charge on any atom is -0.378 e. The molecule has 1 amide bonds. The van der Waals surface area contributed by atoms with Crippen LogP contribution in [0.15, 0.2) is 54.7 Å². The molecule has 0 spiro atoms. The molecule has 0 radical (unpaired) electrons. The van der Waals surface area contributed by atoms with Crippen molar-refractivity contribution in [3.63, 3.8) is 0 Å². The number of benzene rings is 2. The average molecular weight is 440 g/mol. The summed E-state index contributed by atoms with van der Waals surface area (Å²) >= 11 is 1.22. The SMILES string of the molecule is CN(C)c1ccc(CN(CC2CCCO2)C(=O)c2cnc(-c3ccccc3F)s2)cc1. The van der Waals surface area contributed by atoms with Gasteiger partial charge in [0, 0.05) is 45.0 Å². The van der Waals surface area contributed by atoms with E-state index in [1.165, 1.54) is 17.4 Å². The highest BCUT2D eigenvalue weighted by Gasteiger charge is 2.25. The second kappa shape index (κ2) is 9.58. The number of nitrogens with zero attached hydrogens (tertiary/aromatic N) is 3. The largest absolute Gasteiger partial charge is 0.378 e. The molecule has 31 heavy (non-hydrogen) atoms. The lowest BCUT2D eigenvalue weighted by molar-refractivity contribution is 0.0511. The number of aromatic nitrogens is 1. The van der Waals surface area contributed by atoms with Crippen molar-refractivity contribution < 1.29 is 13.9 Å². The summed E-state index contributed by atoms with van der Waals surface area (Å²) in [4.78, 5) is 22.1. The minimum absolute atomic E-state index is 0.0453. The highest BCUT2D eigenvalue weighted by atomic mass is 32.1. The first-order chi connectivity index (χ1) is 15.0. The summed E-state index contributed by atoms with van der Waals surface area (Å²) in [6.07, 6.45) is 3.56. The van der Waals surface area contributed by atoms with E-state index in [0.29, 0.717) is 28.5 Å². The Bertz CT molecular complexity index is 1030. The van der Waals surface area contributed by atoms with Crippen molar-refractivity contribution in [1.82, 2.24) is 9.88 Å². The first-order valence-corrected chi connectivity index (χ1v) is 11.2. The number of hydrogen-bond acceptors (Lipinski definition) is 5. The molecule has 2 heterocycles. The van der Waals surface area contributed by atoms with Gasteiger partial charge >= 0.3 is 0 Å². The van der Waals surface area contributed by atoms with E-state index < -0.39 is 0 Å². The van der Waals surface area contributed by atoms with Gasteiger partial charge in [-0.05, 0) is 42.7 Å². The van der Waals surface area contributed by atoms with Gasteiger partial charge in [0.25, 0.3) is 5.91 Å². The molecule has 2 aromatic carbocycles. The van der Waals surface area contributed by atoms with Crippen LogP contribution in [-0.4, -0.2) is 49.1 Å². The number of rotatable bonds is 7. The van der Waals surface area contributed by atoms with Crippen LogP contribution >= 0.6 is 11.3 Å². The maximum atomic E-state index is 14.1. The van der Waals surface area contributed by atoms with Crippen LogP contribution < -0.4 is 4.90 Å². The van der Waals surface area contributed by atoms with Gasteiger partial charge in [0.15, 0.2) is 0 Å². The highest BCUT2D eigenvalue weighted by Crippen LogP contribution is 2.29. The van der Waals surface area contributed by atoms with E-state index in [0.717, 1.165) is 30.7 Å². The fourth-order valence-electron chi connectivity index (χ4n) is 3.66. The molecular weight excluding hydrogens is 413 g/mol. The van der Waals surface area contributed by atoms with Crippen LogP contribution in [0.2, 0.25) is 0 Å². The first-order valence-electron chi connectivity index (χ1n) is 10.4. The monoisotopic (exact) mass is 439 g/mol. The summed E-state index contributed by atoms with van der Waals surface area (Å²) in [6.45, 7) is 1.75. The molecule has 162 valence electrons. The Morgan fingerprint density at radius 3 is 2.65 bits per heavy atom. The lowest BCUT2D eigenvalue weighted by Gasteiger charge is -2.25. The maximum Gasteiger partial charge on any atom is 0.265 e. The van der Waals surface area contributed by atoms with Gasteiger partial charge in [-0.25, -0.2) is 9.37 Å². The molecule has 5 nitrogen and oxygen atoms in total. The fraction of sp³-hybridized carbons (Fsp3) is 0.333. The number of carbonyl (C=O) groups excluding carboxylic acids is 1. The third-order valence-electron chi connectivity index (χ3n) is 5.38. The van der Waals surface area contributed by atoms with Crippen molar-refractivity contribution >= 4 is 22.9 Å². The molecule has 1 aliphatic heterocycles. The molecule has 1 fully saturated rings. The average Bonchev–Trinajstić information content (AvgIpc) is 3.46. The standard InChI is InChI=1S/C24H26FN3O2S/c1-27(2)18-11-9-17(10-12-18)15-28(16-19-6-5-13-30-19)24(29)22-14-26-23(31-22)20-7-3-4-8-21(20)25/h3-4,7-12,14,19H,5-6,13,15-16H2,1-2H3. The summed E-state index contributed by atoms with van der Waals surface area (Å²) < 4.78 is 19.9. The van der Waals surface area contributed by atoms with E-state index in [1.807, 2.05) is 48.2 Å². The van der Waals surface area contributed by atoms with E-state index in [-0.39, 0.29) is 17.8 Å². The van der Waals surface area contributed by atoms with E-state index in [4.69, 9.17) is 4.74 Å². The van der Waals surface area contributed by atoms with Crippen LogP contribution in [-0.2, 0) is 11.3 Å². The number of amides is 1. The Labute approximate surface area is 186 Å². The topological polar surface area (TPSA) is 45.7 Å². The number of carbonyl (C=O) groups is 1. The number of hydrogen-bond donors (Lipinski definition) is 0. The van der Waals surface area contributed by atoms with Gasteiger partial charge in [0.1, 0.15) is 15.7 Å². The molecule has 0 bridgehead atoms. The van der Waals surface area contributed by atoms with Gasteiger partial charge in [-0.2, -0.15) is 0 Å². The molecule has 0 aliphatic carbocycles. The van der Waals surface area contributed by atoms with Crippen LogP contribution in [0.5, 0.6) is 0 Å². The van der Waals surface area contributed by atoms with Gasteiger partial charge in [-0.1, -0.05) is 24.3 Å². The maximum absolute atomic E-state index is 14.1. The number of anilines is 1. The van der Waals surface area contributed by atoms with Gasteiger partial charge in [-0.3, -0.25) is 4.79 Å². The Morgan fingerprint density at radius 2 is 1.97 bits per heavy atom. The predicted molar refractivity (Wildman–Crippen MR) is 122 cm³/mol. The van der Waals surface area contributed by atoms with Gasteiger partial charge in [-0.15, -0.1) is 11.3 Å². The molecule has 0 saturated carbocycles. The van der Waals surface area contributed by atoms with Gasteiger partial charge < -0.3 is 14.5 Å².